The zero-order chi connectivity index (χ0) is 8.10. The predicted octanol–water partition coefficient (Wildman–Crippen LogP) is 0.911. The quantitative estimate of drug-likeness (QED) is 0.700. The molecule has 0 aliphatic rings. The van der Waals surface area contributed by atoms with Crippen molar-refractivity contribution in [1.29, 1.82) is 0 Å². The Hall–Kier alpha value is -0.830. The summed E-state index contributed by atoms with van der Waals surface area (Å²) in [4.78, 5) is 4.25. The van der Waals surface area contributed by atoms with Gasteiger partial charge in [-0.15, -0.1) is 0 Å². The van der Waals surface area contributed by atoms with E-state index < -0.39 is 0 Å². The highest BCUT2D eigenvalue weighted by Crippen LogP contribution is 1.95. The van der Waals surface area contributed by atoms with Crippen LogP contribution in [0, 0.1) is 0 Å². The summed E-state index contributed by atoms with van der Waals surface area (Å²) < 4.78 is 2.09. The minimum absolute atomic E-state index is 0. The van der Waals surface area contributed by atoms with E-state index in [1.165, 1.54) is 5.69 Å². The lowest BCUT2D eigenvalue weighted by atomic mass is 10.3. The van der Waals surface area contributed by atoms with Crippen LogP contribution in [0.3, 0.4) is 0 Å². The maximum atomic E-state index is 4.25. The molecule has 3 heteroatoms. The van der Waals surface area contributed by atoms with Crippen LogP contribution in [0.4, 0.5) is 0 Å². The van der Waals surface area contributed by atoms with E-state index in [0.717, 1.165) is 19.5 Å². The van der Waals surface area contributed by atoms with Gasteiger partial charge in [0.05, 0.1) is 12.0 Å². The number of hydrogen-bond donors (Lipinski definition) is 1. The molecule has 0 aromatic carbocycles. The van der Waals surface area contributed by atoms with E-state index >= 15 is 0 Å². The number of likely N-dealkylation sites (N-methyl/N-ethyl adjacent to an activating group) is 1. The van der Waals surface area contributed by atoms with E-state index in [9.17, 15) is 0 Å². The van der Waals surface area contributed by atoms with Gasteiger partial charge in [0, 0.05) is 27.1 Å². The third kappa shape index (κ3) is 2.35. The standard InChI is InChI=1S/C8H15N3.H2/c1-3-11-6-8(10-7-11)4-5-9-2;/h6-7,9H,3-5H2,1-2H3;1H. The van der Waals surface area contributed by atoms with E-state index in [1.54, 1.807) is 0 Å². The minimum Gasteiger partial charge on any atom is -0.337 e. The topological polar surface area (TPSA) is 29.9 Å². The van der Waals surface area contributed by atoms with E-state index in [2.05, 4.69) is 28.0 Å². The smallest absolute Gasteiger partial charge is 0.0949 e. The molecule has 64 valence electrons. The van der Waals surface area contributed by atoms with Crippen molar-refractivity contribution in [3.63, 3.8) is 0 Å². The number of nitrogens with one attached hydrogen (secondary N) is 1. The first-order valence-corrected chi connectivity index (χ1v) is 4.02. The molecule has 3 nitrogen and oxygen atoms in total. The summed E-state index contributed by atoms with van der Waals surface area (Å²) in [6.07, 6.45) is 4.99. The van der Waals surface area contributed by atoms with E-state index in [-0.39, 0.29) is 1.43 Å². The number of hydrogen-bond acceptors (Lipinski definition) is 2. The molecular formula is C8H17N3. The molecule has 0 aliphatic heterocycles. The average molecular weight is 155 g/mol. The lowest BCUT2D eigenvalue weighted by Crippen LogP contribution is -2.10. The number of aryl methyl sites for hydroxylation is 1. The second-order valence-electron chi connectivity index (χ2n) is 2.55. The van der Waals surface area contributed by atoms with Gasteiger partial charge < -0.3 is 9.88 Å². The van der Waals surface area contributed by atoms with Crippen molar-refractivity contribution in [3.8, 4) is 0 Å². The third-order valence-corrected chi connectivity index (χ3v) is 1.68. The monoisotopic (exact) mass is 155 g/mol. The zero-order valence-corrected chi connectivity index (χ0v) is 7.17. The second-order valence-corrected chi connectivity index (χ2v) is 2.55. The Morgan fingerprint density at radius 3 is 3.09 bits per heavy atom. The molecule has 11 heavy (non-hydrogen) atoms. The van der Waals surface area contributed by atoms with Crippen molar-refractivity contribution in [2.45, 2.75) is 19.9 Å². The van der Waals surface area contributed by atoms with Gasteiger partial charge in [0.15, 0.2) is 0 Å². The summed E-state index contributed by atoms with van der Waals surface area (Å²) in [7, 11) is 1.96. The molecule has 0 spiro atoms. The fourth-order valence-electron chi connectivity index (χ4n) is 0.962. The zero-order valence-electron chi connectivity index (χ0n) is 7.17. The molecular weight excluding hydrogens is 138 g/mol. The van der Waals surface area contributed by atoms with Gasteiger partial charge in [0.1, 0.15) is 0 Å². The molecule has 0 saturated carbocycles. The van der Waals surface area contributed by atoms with Gasteiger partial charge in [-0.3, -0.25) is 0 Å². The first-order chi connectivity index (χ1) is 5.36. The molecule has 1 rings (SSSR count). The van der Waals surface area contributed by atoms with Crippen LogP contribution >= 0.6 is 0 Å². The fraction of sp³-hybridized carbons (Fsp3) is 0.625. The van der Waals surface area contributed by atoms with Crippen molar-refractivity contribution in [3.05, 3.63) is 18.2 Å². The minimum atomic E-state index is 0. The Labute approximate surface area is 68.9 Å². The third-order valence-electron chi connectivity index (χ3n) is 1.68. The maximum Gasteiger partial charge on any atom is 0.0949 e. The predicted molar refractivity (Wildman–Crippen MR) is 47.6 cm³/mol. The Morgan fingerprint density at radius 1 is 1.73 bits per heavy atom. The molecule has 0 saturated heterocycles. The van der Waals surface area contributed by atoms with Crippen molar-refractivity contribution >= 4 is 0 Å². The van der Waals surface area contributed by atoms with Crippen LogP contribution in [0.5, 0.6) is 0 Å². The summed E-state index contributed by atoms with van der Waals surface area (Å²) in [5, 5.41) is 3.09. The van der Waals surface area contributed by atoms with Crippen LogP contribution in [0.15, 0.2) is 12.5 Å². The van der Waals surface area contributed by atoms with Crippen LogP contribution in [0.2, 0.25) is 0 Å². The number of nitrogens with zero attached hydrogens (tertiary/aromatic N) is 2. The molecule has 0 aliphatic carbocycles. The van der Waals surface area contributed by atoms with Crippen LogP contribution in [0.25, 0.3) is 0 Å². The molecule has 0 amide bonds. The number of aromatic nitrogens is 2. The summed E-state index contributed by atoms with van der Waals surface area (Å²) in [6.45, 7) is 4.12. The summed E-state index contributed by atoms with van der Waals surface area (Å²) in [5.41, 5.74) is 1.17. The number of rotatable bonds is 4. The first-order valence-electron chi connectivity index (χ1n) is 4.02. The van der Waals surface area contributed by atoms with Crippen molar-refractivity contribution in [2.24, 2.45) is 0 Å². The molecule has 0 unspecified atom stereocenters. The molecule has 1 aromatic heterocycles. The van der Waals surface area contributed by atoms with Crippen molar-refractivity contribution < 1.29 is 1.43 Å². The summed E-state index contributed by atoms with van der Waals surface area (Å²) in [5.74, 6) is 0. The molecule has 0 atom stereocenters. The Balaban J connectivity index is 0.00000121. The van der Waals surface area contributed by atoms with Crippen LogP contribution in [0.1, 0.15) is 14.0 Å². The summed E-state index contributed by atoms with van der Waals surface area (Å²) >= 11 is 0. The van der Waals surface area contributed by atoms with Crippen LogP contribution in [-0.2, 0) is 13.0 Å². The van der Waals surface area contributed by atoms with Crippen LogP contribution < -0.4 is 5.32 Å². The fourth-order valence-corrected chi connectivity index (χ4v) is 0.962. The van der Waals surface area contributed by atoms with Gasteiger partial charge in [-0.2, -0.15) is 0 Å². The highest BCUT2D eigenvalue weighted by Gasteiger charge is 1.94. The Bertz CT molecular complexity index is 210. The Morgan fingerprint density at radius 2 is 2.55 bits per heavy atom. The van der Waals surface area contributed by atoms with Crippen LogP contribution in [-0.4, -0.2) is 23.1 Å². The van der Waals surface area contributed by atoms with Gasteiger partial charge in [-0.05, 0) is 14.0 Å². The van der Waals surface area contributed by atoms with Gasteiger partial charge in [-0.1, -0.05) is 0 Å². The normalized spacial score (nSPS) is 10.4. The highest BCUT2D eigenvalue weighted by atomic mass is 15.0. The highest BCUT2D eigenvalue weighted by molar-refractivity contribution is 4.96. The number of imidazole rings is 1. The van der Waals surface area contributed by atoms with E-state index in [0.29, 0.717) is 0 Å². The van der Waals surface area contributed by atoms with E-state index in [4.69, 9.17) is 0 Å². The SMILES string of the molecule is CCn1cnc(CCNC)c1.[HH]. The van der Waals surface area contributed by atoms with E-state index in [1.807, 2.05) is 13.4 Å². The summed E-state index contributed by atoms with van der Waals surface area (Å²) in [6, 6.07) is 0. The van der Waals surface area contributed by atoms with Gasteiger partial charge in [0.25, 0.3) is 0 Å². The average Bonchev–Trinajstić information content (AvgIpc) is 2.48. The molecule has 1 aromatic rings. The van der Waals surface area contributed by atoms with Gasteiger partial charge in [0.2, 0.25) is 0 Å². The molecule has 0 fully saturated rings. The van der Waals surface area contributed by atoms with Gasteiger partial charge in [-0.25, -0.2) is 4.98 Å². The second kappa shape index (κ2) is 4.13. The van der Waals surface area contributed by atoms with Crippen molar-refractivity contribution in [2.75, 3.05) is 13.6 Å². The lowest BCUT2D eigenvalue weighted by Gasteiger charge is -1.94. The molecule has 1 heterocycles. The van der Waals surface area contributed by atoms with Crippen molar-refractivity contribution in [1.82, 2.24) is 14.9 Å². The molecule has 0 radical (unpaired) electrons. The largest absolute Gasteiger partial charge is 0.337 e. The molecule has 0 bridgehead atoms. The van der Waals surface area contributed by atoms with Gasteiger partial charge >= 0.3 is 0 Å². The Kier molecular flexibility index (Phi) is 3.11. The first kappa shape index (κ1) is 8.27. The lowest BCUT2D eigenvalue weighted by molar-refractivity contribution is 0.755. The maximum absolute atomic E-state index is 4.25. The molecule has 1 N–H and O–H groups in total.